The number of nitrogens with two attached hydrogens (primary N) is 1. The van der Waals surface area contributed by atoms with Crippen LogP contribution in [-0.4, -0.2) is 51.0 Å². The van der Waals surface area contributed by atoms with Gasteiger partial charge in [-0.3, -0.25) is 23.9 Å². The van der Waals surface area contributed by atoms with Gasteiger partial charge in [-0.2, -0.15) is 0 Å². The second-order valence-electron chi connectivity index (χ2n) is 6.93. The van der Waals surface area contributed by atoms with Crippen LogP contribution >= 0.6 is 11.8 Å². The first-order valence-electron chi connectivity index (χ1n) is 9.10. The summed E-state index contributed by atoms with van der Waals surface area (Å²) in [6, 6.07) is 0. The predicted molar refractivity (Wildman–Crippen MR) is 107 cm³/mol. The summed E-state index contributed by atoms with van der Waals surface area (Å²) < 4.78 is 1.28. The molecule has 0 unspecified atom stereocenters. The second kappa shape index (κ2) is 9.12. The van der Waals surface area contributed by atoms with Crippen LogP contribution in [0.15, 0.2) is 9.59 Å². The Morgan fingerprint density at radius 2 is 2.04 bits per heavy atom. The van der Waals surface area contributed by atoms with Crippen molar-refractivity contribution in [1.82, 2.24) is 14.5 Å². The van der Waals surface area contributed by atoms with E-state index in [0.29, 0.717) is 25.3 Å². The average molecular weight is 398 g/mol. The van der Waals surface area contributed by atoms with Crippen LogP contribution in [0.4, 0.5) is 16.3 Å². The number of anilines is 2. The third-order valence-corrected chi connectivity index (χ3v) is 5.13. The number of nitrogen functional groups attached to an aromatic ring is 1. The van der Waals surface area contributed by atoms with Crippen molar-refractivity contribution in [2.75, 3.05) is 36.0 Å². The highest BCUT2D eigenvalue weighted by molar-refractivity contribution is 8.13. The maximum absolute atomic E-state index is 12.9. The summed E-state index contributed by atoms with van der Waals surface area (Å²) in [6.45, 7) is 6.81. The van der Waals surface area contributed by atoms with Crippen LogP contribution in [0, 0.1) is 5.92 Å². The number of carbonyl (C=O) groups is 2. The van der Waals surface area contributed by atoms with Crippen molar-refractivity contribution in [3.8, 4) is 0 Å². The highest BCUT2D eigenvalue weighted by atomic mass is 32.2. The van der Waals surface area contributed by atoms with Crippen LogP contribution < -0.4 is 21.9 Å². The molecule has 0 radical (unpaired) electrons. The molecule has 0 saturated carbocycles. The molecule has 9 nitrogen and oxygen atoms in total. The van der Waals surface area contributed by atoms with E-state index in [9.17, 15) is 19.2 Å². The molecule has 2 heterocycles. The van der Waals surface area contributed by atoms with E-state index in [0.717, 1.165) is 6.42 Å². The molecule has 1 aliphatic rings. The Morgan fingerprint density at radius 3 is 2.59 bits per heavy atom. The maximum Gasteiger partial charge on any atom is 0.330 e. The van der Waals surface area contributed by atoms with Crippen LogP contribution in [0.5, 0.6) is 0 Å². The predicted octanol–water partition coefficient (Wildman–Crippen LogP) is 1.08. The van der Waals surface area contributed by atoms with Gasteiger partial charge in [-0.05, 0) is 12.3 Å². The summed E-state index contributed by atoms with van der Waals surface area (Å²) in [5.41, 5.74) is 4.84. The molecular weight excluding hydrogens is 370 g/mol. The molecule has 0 aliphatic carbocycles. The van der Waals surface area contributed by atoms with Crippen molar-refractivity contribution in [2.45, 2.75) is 40.2 Å². The van der Waals surface area contributed by atoms with E-state index in [4.69, 9.17) is 5.73 Å². The Bertz CT molecular complexity index is 817. The quantitative estimate of drug-likeness (QED) is 0.677. The van der Waals surface area contributed by atoms with Gasteiger partial charge < -0.3 is 15.5 Å². The Hall–Kier alpha value is -2.23. The van der Waals surface area contributed by atoms with Gasteiger partial charge in [-0.15, -0.1) is 0 Å². The molecule has 2 rings (SSSR count). The molecule has 1 aliphatic heterocycles. The molecule has 1 aromatic rings. The lowest BCUT2D eigenvalue weighted by atomic mass is 10.2. The zero-order valence-corrected chi connectivity index (χ0v) is 16.8. The number of aromatic nitrogens is 2. The van der Waals surface area contributed by atoms with E-state index >= 15 is 0 Å². The van der Waals surface area contributed by atoms with Crippen molar-refractivity contribution >= 4 is 34.4 Å². The first kappa shape index (κ1) is 21.1. The molecule has 27 heavy (non-hydrogen) atoms. The lowest BCUT2D eigenvalue weighted by Gasteiger charge is -2.26. The molecule has 0 atom stereocenters. The largest absolute Gasteiger partial charge is 0.383 e. The maximum atomic E-state index is 12.9. The molecule has 1 fully saturated rings. The topological polar surface area (TPSA) is 121 Å². The first-order valence-corrected chi connectivity index (χ1v) is 10.1. The number of unbranched alkanes of at least 4 members (excludes halogenated alkanes) is 1. The summed E-state index contributed by atoms with van der Waals surface area (Å²) in [7, 11) is 0. The minimum Gasteiger partial charge on any atom is -0.383 e. The highest BCUT2D eigenvalue weighted by Gasteiger charge is 2.29. The average Bonchev–Trinajstić information content (AvgIpc) is 2.99. The summed E-state index contributed by atoms with van der Waals surface area (Å²) in [5.74, 6) is 0.362. The van der Waals surface area contributed by atoms with Crippen molar-refractivity contribution in [3.63, 3.8) is 0 Å². The zero-order chi connectivity index (χ0) is 20.1. The third kappa shape index (κ3) is 4.94. The zero-order valence-electron chi connectivity index (χ0n) is 16.0. The Kier molecular flexibility index (Phi) is 7.11. The Labute approximate surface area is 161 Å². The van der Waals surface area contributed by atoms with Crippen molar-refractivity contribution in [3.05, 3.63) is 20.8 Å². The van der Waals surface area contributed by atoms with Gasteiger partial charge in [0.2, 0.25) is 5.91 Å². The van der Waals surface area contributed by atoms with Gasteiger partial charge in [0.1, 0.15) is 12.4 Å². The molecule has 0 bridgehead atoms. The number of amides is 2. The number of hydrogen-bond donors (Lipinski definition) is 2. The standard InChI is InChI=1S/C17H27N5O4S/c1-4-5-6-21(12(23)10-20-7-8-27-17(20)26)13-14(18)22(9-11(2)3)16(25)19-15(13)24/h11H,4-10,18H2,1-3H3,(H,19,24,25). The Balaban J connectivity index is 2.43. The van der Waals surface area contributed by atoms with Gasteiger partial charge in [-0.1, -0.05) is 39.0 Å². The fourth-order valence-corrected chi connectivity index (χ4v) is 3.70. The van der Waals surface area contributed by atoms with Crippen molar-refractivity contribution in [1.29, 1.82) is 0 Å². The number of thioether (sulfide) groups is 1. The number of carbonyl (C=O) groups excluding carboxylic acids is 2. The Morgan fingerprint density at radius 1 is 1.33 bits per heavy atom. The van der Waals surface area contributed by atoms with Crippen LogP contribution in [0.1, 0.15) is 33.6 Å². The van der Waals surface area contributed by atoms with Crippen LogP contribution in [-0.2, 0) is 11.3 Å². The van der Waals surface area contributed by atoms with Gasteiger partial charge in [-0.25, -0.2) is 4.79 Å². The first-order chi connectivity index (χ1) is 12.8. The number of H-pyrrole nitrogens is 1. The lowest BCUT2D eigenvalue weighted by molar-refractivity contribution is -0.119. The monoisotopic (exact) mass is 397 g/mol. The summed E-state index contributed by atoms with van der Waals surface area (Å²) >= 11 is 1.17. The SMILES string of the molecule is CCCCN(C(=O)CN1CCSC1=O)c1c(N)n(CC(C)C)c(=O)[nH]c1=O. The minimum absolute atomic E-state index is 0.0204. The number of nitrogens with zero attached hydrogens (tertiary/aromatic N) is 3. The van der Waals surface area contributed by atoms with E-state index in [2.05, 4.69) is 4.98 Å². The highest BCUT2D eigenvalue weighted by Crippen LogP contribution is 2.21. The lowest BCUT2D eigenvalue weighted by Crippen LogP contribution is -2.45. The summed E-state index contributed by atoms with van der Waals surface area (Å²) in [6.07, 6.45) is 1.47. The van der Waals surface area contributed by atoms with E-state index in [-0.39, 0.29) is 41.7 Å². The van der Waals surface area contributed by atoms with Crippen LogP contribution in [0.3, 0.4) is 0 Å². The number of aromatic amines is 1. The summed E-state index contributed by atoms with van der Waals surface area (Å²) in [5, 5.41) is -0.148. The molecule has 2 amide bonds. The smallest absolute Gasteiger partial charge is 0.330 e. The second-order valence-corrected chi connectivity index (χ2v) is 7.98. The fourth-order valence-electron chi connectivity index (χ4n) is 2.88. The molecule has 0 spiro atoms. The molecule has 3 N–H and O–H groups in total. The normalized spacial score (nSPS) is 14.2. The van der Waals surface area contributed by atoms with Gasteiger partial charge in [0.25, 0.3) is 10.8 Å². The van der Waals surface area contributed by atoms with Gasteiger partial charge in [0.15, 0.2) is 5.69 Å². The third-order valence-electron chi connectivity index (χ3n) is 4.24. The molecule has 1 saturated heterocycles. The fraction of sp³-hybridized carbons (Fsp3) is 0.647. The van der Waals surface area contributed by atoms with E-state index < -0.39 is 11.2 Å². The summed E-state index contributed by atoms with van der Waals surface area (Å²) in [4.78, 5) is 54.4. The van der Waals surface area contributed by atoms with Crippen LogP contribution in [0.2, 0.25) is 0 Å². The minimum atomic E-state index is -0.691. The number of rotatable bonds is 8. The number of nitrogens with one attached hydrogen (secondary N) is 1. The van der Waals surface area contributed by atoms with E-state index in [1.54, 1.807) is 0 Å². The molecule has 1 aromatic heterocycles. The van der Waals surface area contributed by atoms with E-state index in [1.165, 1.54) is 26.1 Å². The van der Waals surface area contributed by atoms with Crippen molar-refractivity contribution < 1.29 is 9.59 Å². The van der Waals surface area contributed by atoms with Crippen LogP contribution in [0.25, 0.3) is 0 Å². The van der Waals surface area contributed by atoms with Gasteiger partial charge in [0.05, 0.1) is 0 Å². The van der Waals surface area contributed by atoms with Gasteiger partial charge >= 0.3 is 5.69 Å². The van der Waals surface area contributed by atoms with Crippen molar-refractivity contribution in [2.24, 2.45) is 5.92 Å². The molecule has 0 aromatic carbocycles. The van der Waals surface area contributed by atoms with Gasteiger partial charge in [0, 0.05) is 25.4 Å². The molecule has 10 heteroatoms. The molecular formula is C17H27N5O4S. The van der Waals surface area contributed by atoms with E-state index in [1.807, 2.05) is 20.8 Å². The molecule has 150 valence electrons. The number of hydrogen-bond acceptors (Lipinski definition) is 6.